The van der Waals surface area contributed by atoms with Gasteiger partial charge in [-0.25, -0.2) is 9.37 Å². The first kappa shape index (κ1) is 14.2. The summed E-state index contributed by atoms with van der Waals surface area (Å²) in [7, 11) is 0. The SMILES string of the molecule is Cc1nc2ccc(NC(=O)c3ccc(F)cc3Br)cc2s1. The van der Waals surface area contributed by atoms with Crippen LogP contribution in [0.3, 0.4) is 0 Å². The summed E-state index contributed by atoms with van der Waals surface area (Å²) < 4.78 is 14.5. The van der Waals surface area contributed by atoms with Crippen molar-refractivity contribution >= 4 is 49.1 Å². The van der Waals surface area contributed by atoms with E-state index >= 15 is 0 Å². The number of nitrogens with one attached hydrogen (secondary N) is 1. The number of anilines is 1. The molecule has 1 heterocycles. The van der Waals surface area contributed by atoms with E-state index in [0.717, 1.165) is 15.2 Å². The van der Waals surface area contributed by atoms with Crippen LogP contribution in [0, 0.1) is 12.7 Å². The number of halogens is 2. The fourth-order valence-corrected chi connectivity index (χ4v) is 3.39. The van der Waals surface area contributed by atoms with Crippen molar-refractivity contribution in [2.24, 2.45) is 0 Å². The van der Waals surface area contributed by atoms with Gasteiger partial charge in [0, 0.05) is 10.2 Å². The number of aromatic nitrogens is 1. The molecule has 106 valence electrons. The largest absolute Gasteiger partial charge is 0.322 e. The molecule has 0 aliphatic rings. The van der Waals surface area contributed by atoms with E-state index < -0.39 is 0 Å². The van der Waals surface area contributed by atoms with Gasteiger partial charge in [0.15, 0.2) is 0 Å². The quantitative estimate of drug-likeness (QED) is 0.712. The molecule has 2 aromatic carbocycles. The van der Waals surface area contributed by atoms with Crippen molar-refractivity contribution in [2.45, 2.75) is 6.92 Å². The second-order valence-corrected chi connectivity index (χ2v) is 6.58. The molecule has 0 atom stereocenters. The average molecular weight is 365 g/mol. The topological polar surface area (TPSA) is 42.0 Å². The number of aryl methyl sites for hydroxylation is 1. The second kappa shape index (κ2) is 5.54. The number of hydrogen-bond acceptors (Lipinski definition) is 3. The Morgan fingerprint density at radius 1 is 1.29 bits per heavy atom. The summed E-state index contributed by atoms with van der Waals surface area (Å²) in [6.45, 7) is 1.94. The molecule has 0 bridgehead atoms. The molecule has 1 amide bonds. The molecular weight excluding hydrogens is 355 g/mol. The molecule has 0 radical (unpaired) electrons. The van der Waals surface area contributed by atoms with E-state index in [9.17, 15) is 9.18 Å². The van der Waals surface area contributed by atoms with Gasteiger partial charge in [0.25, 0.3) is 5.91 Å². The van der Waals surface area contributed by atoms with Gasteiger partial charge in [0.2, 0.25) is 0 Å². The molecule has 0 spiro atoms. The minimum absolute atomic E-state index is 0.289. The maximum absolute atomic E-state index is 13.0. The summed E-state index contributed by atoms with van der Waals surface area (Å²) in [6.07, 6.45) is 0. The van der Waals surface area contributed by atoms with Gasteiger partial charge in [0.1, 0.15) is 5.82 Å². The lowest BCUT2D eigenvalue weighted by Gasteiger charge is -2.07. The van der Waals surface area contributed by atoms with Crippen LogP contribution in [0.4, 0.5) is 10.1 Å². The molecule has 0 saturated carbocycles. The van der Waals surface area contributed by atoms with Crippen LogP contribution in [-0.2, 0) is 0 Å². The highest BCUT2D eigenvalue weighted by atomic mass is 79.9. The Morgan fingerprint density at radius 3 is 2.86 bits per heavy atom. The Balaban J connectivity index is 1.88. The number of carbonyl (C=O) groups excluding carboxylic acids is 1. The molecule has 0 fully saturated rings. The maximum atomic E-state index is 13.0. The third-order valence-electron chi connectivity index (χ3n) is 2.93. The van der Waals surface area contributed by atoms with Crippen LogP contribution in [0.1, 0.15) is 15.4 Å². The summed E-state index contributed by atoms with van der Waals surface area (Å²) in [4.78, 5) is 16.6. The lowest BCUT2D eigenvalue weighted by molar-refractivity contribution is 0.102. The Hall–Kier alpha value is -1.79. The molecule has 6 heteroatoms. The van der Waals surface area contributed by atoms with Crippen LogP contribution in [0.15, 0.2) is 40.9 Å². The fraction of sp³-hybridized carbons (Fsp3) is 0.0667. The summed E-state index contributed by atoms with van der Waals surface area (Å²) in [5.74, 6) is -0.678. The van der Waals surface area contributed by atoms with Gasteiger partial charge in [-0.1, -0.05) is 0 Å². The minimum Gasteiger partial charge on any atom is -0.322 e. The number of amides is 1. The monoisotopic (exact) mass is 364 g/mol. The van der Waals surface area contributed by atoms with Gasteiger partial charge in [-0.15, -0.1) is 11.3 Å². The molecule has 3 rings (SSSR count). The number of hydrogen-bond donors (Lipinski definition) is 1. The van der Waals surface area contributed by atoms with Crippen LogP contribution in [0.25, 0.3) is 10.2 Å². The van der Waals surface area contributed by atoms with Crippen molar-refractivity contribution in [1.82, 2.24) is 4.98 Å². The molecular formula is C15H10BrFN2OS. The Morgan fingerprint density at radius 2 is 2.10 bits per heavy atom. The van der Waals surface area contributed by atoms with E-state index in [1.165, 1.54) is 18.2 Å². The lowest BCUT2D eigenvalue weighted by atomic mass is 10.2. The van der Waals surface area contributed by atoms with Gasteiger partial charge >= 0.3 is 0 Å². The van der Waals surface area contributed by atoms with E-state index in [1.807, 2.05) is 19.1 Å². The maximum Gasteiger partial charge on any atom is 0.256 e. The van der Waals surface area contributed by atoms with Crippen LogP contribution < -0.4 is 5.32 Å². The van der Waals surface area contributed by atoms with Crippen LogP contribution in [-0.4, -0.2) is 10.9 Å². The molecule has 1 aromatic heterocycles. The predicted octanol–water partition coefficient (Wildman–Crippen LogP) is 4.76. The van der Waals surface area contributed by atoms with Crippen LogP contribution in [0.5, 0.6) is 0 Å². The lowest BCUT2D eigenvalue weighted by Crippen LogP contribution is -2.12. The van der Waals surface area contributed by atoms with E-state index in [4.69, 9.17) is 0 Å². The smallest absolute Gasteiger partial charge is 0.256 e. The highest BCUT2D eigenvalue weighted by Crippen LogP contribution is 2.25. The van der Waals surface area contributed by atoms with Crippen molar-refractivity contribution in [2.75, 3.05) is 5.32 Å². The van der Waals surface area contributed by atoms with Crippen LogP contribution >= 0.6 is 27.3 Å². The zero-order valence-corrected chi connectivity index (χ0v) is 13.4. The van der Waals surface area contributed by atoms with Gasteiger partial charge < -0.3 is 5.32 Å². The zero-order chi connectivity index (χ0) is 15.0. The molecule has 0 unspecified atom stereocenters. The van der Waals surface area contributed by atoms with Crippen molar-refractivity contribution < 1.29 is 9.18 Å². The third-order valence-corrected chi connectivity index (χ3v) is 4.52. The molecule has 1 N–H and O–H groups in total. The van der Waals surface area contributed by atoms with E-state index in [2.05, 4.69) is 26.2 Å². The molecule has 0 aliphatic carbocycles. The number of fused-ring (bicyclic) bond motifs is 1. The normalized spacial score (nSPS) is 10.8. The third kappa shape index (κ3) is 2.96. The van der Waals surface area contributed by atoms with Crippen LogP contribution in [0.2, 0.25) is 0 Å². The molecule has 3 aromatic rings. The summed E-state index contributed by atoms with van der Waals surface area (Å²) in [5, 5.41) is 3.79. The Kier molecular flexibility index (Phi) is 3.73. The van der Waals surface area contributed by atoms with Crippen molar-refractivity contribution in [3.63, 3.8) is 0 Å². The highest BCUT2D eigenvalue weighted by molar-refractivity contribution is 9.10. The Bertz CT molecular complexity index is 847. The molecule has 0 aliphatic heterocycles. The zero-order valence-electron chi connectivity index (χ0n) is 11.0. The number of benzene rings is 2. The fourth-order valence-electron chi connectivity index (χ4n) is 1.99. The van der Waals surface area contributed by atoms with E-state index in [1.54, 1.807) is 17.4 Å². The van der Waals surface area contributed by atoms with Crippen molar-refractivity contribution in [3.05, 3.63) is 57.3 Å². The van der Waals surface area contributed by atoms with Crippen molar-refractivity contribution in [3.8, 4) is 0 Å². The number of nitrogens with zero attached hydrogens (tertiary/aromatic N) is 1. The Labute approximate surface area is 133 Å². The molecule has 3 nitrogen and oxygen atoms in total. The van der Waals surface area contributed by atoms with Gasteiger partial charge in [-0.05, 0) is 59.3 Å². The van der Waals surface area contributed by atoms with Gasteiger partial charge in [0.05, 0.1) is 20.8 Å². The molecule has 21 heavy (non-hydrogen) atoms. The summed E-state index contributed by atoms with van der Waals surface area (Å²) >= 11 is 4.77. The second-order valence-electron chi connectivity index (χ2n) is 4.49. The summed E-state index contributed by atoms with van der Waals surface area (Å²) in [5.41, 5.74) is 1.99. The first-order chi connectivity index (χ1) is 10.0. The van der Waals surface area contributed by atoms with Crippen molar-refractivity contribution in [1.29, 1.82) is 0 Å². The standard InChI is InChI=1S/C15H10BrFN2OS/c1-8-18-13-5-3-10(7-14(13)21-8)19-15(20)11-4-2-9(17)6-12(11)16/h2-7H,1H3,(H,19,20). The first-order valence-electron chi connectivity index (χ1n) is 6.16. The minimum atomic E-state index is -0.389. The number of carbonyl (C=O) groups is 1. The summed E-state index contributed by atoms with van der Waals surface area (Å²) in [6, 6.07) is 9.53. The number of thiazole rings is 1. The molecule has 0 saturated heterocycles. The van der Waals surface area contributed by atoms with Gasteiger partial charge in [-0.2, -0.15) is 0 Å². The highest BCUT2D eigenvalue weighted by Gasteiger charge is 2.11. The number of rotatable bonds is 2. The van der Waals surface area contributed by atoms with E-state index in [0.29, 0.717) is 15.7 Å². The average Bonchev–Trinajstić information content (AvgIpc) is 2.77. The first-order valence-corrected chi connectivity index (χ1v) is 7.77. The van der Waals surface area contributed by atoms with Gasteiger partial charge in [-0.3, -0.25) is 4.79 Å². The predicted molar refractivity (Wildman–Crippen MR) is 86.4 cm³/mol. The van der Waals surface area contributed by atoms with E-state index in [-0.39, 0.29) is 11.7 Å².